The molecule has 4 N–H and O–H groups in total. The molecular formula is C36H46N4O5. The summed E-state index contributed by atoms with van der Waals surface area (Å²) in [7, 11) is 2.80. The van der Waals surface area contributed by atoms with Gasteiger partial charge in [0.25, 0.3) is 0 Å². The Labute approximate surface area is 264 Å². The summed E-state index contributed by atoms with van der Waals surface area (Å²) < 4.78 is 9.92. The number of ketones is 1. The fourth-order valence-electron chi connectivity index (χ4n) is 7.22. The second-order valence-corrected chi connectivity index (χ2v) is 12.3. The number of carbonyl (C=O) groups is 3. The number of ether oxygens (including phenoxy) is 2. The number of rotatable bonds is 8. The molecule has 0 unspecified atom stereocenters. The van der Waals surface area contributed by atoms with Gasteiger partial charge >= 0.3 is 11.9 Å². The van der Waals surface area contributed by atoms with Crippen molar-refractivity contribution in [3.8, 4) is 0 Å². The molecule has 0 aliphatic carbocycles. The second kappa shape index (κ2) is 13.0. The third-order valence-corrected chi connectivity index (χ3v) is 9.93. The lowest BCUT2D eigenvalue weighted by atomic mass is 9.96. The number of aromatic nitrogens is 4. The van der Waals surface area contributed by atoms with E-state index in [9.17, 15) is 14.4 Å². The molecule has 1 aliphatic heterocycles. The maximum Gasteiger partial charge on any atom is 0.305 e. The van der Waals surface area contributed by atoms with E-state index in [0.717, 1.165) is 74.7 Å². The average molecular weight is 615 g/mol. The monoisotopic (exact) mass is 614 g/mol. The zero-order valence-electron chi connectivity index (χ0n) is 27.9. The molecule has 8 bridgehead atoms. The van der Waals surface area contributed by atoms with Gasteiger partial charge in [0.1, 0.15) is 0 Å². The van der Waals surface area contributed by atoms with Gasteiger partial charge in [-0.1, -0.05) is 13.8 Å². The molecule has 5 heterocycles. The largest absolute Gasteiger partial charge is 0.469 e. The van der Waals surface area contributed by atoms with Gasteiger partial charge < -0.3 is 29.4 Å². The third kappa shape index (κ3) is 5.92. The molecular weight excluding hydrogens is 568 g/mol. The Morgan fingerprint density at radius 2 is 0.956 bits per heavy atom. The quantitative estimate of drug-likeness (QED) is 0.162. The first kappa shape index (κ1) is 32.1. The first-order chi connectivity index (χ1) is 21.5. The van der Waals surface area contributed by atoms with E-state index in [1.54, 1.807) is 0 Å². The molecule has 0 aromatic carbocycles. The van der Waals surface area contributed by atoms with Crippen molar-refractivity contribution in [3.05, 3.63) is 90.1 Å². The van der Waals surface area contributed by atoms with E-state index in [4.69, 9.17) is 9.47 Å². The number of fused-ring (bicyclic) bond motifs is 8. The van der Waals surface area contributed by atoms with Gasteiger partial charge in [-0.05, 0) is 97.9 Å². The average Bonchev–Trinajstić information content (AvgIpc) is 3.71. The van der Waals surface area contributed by atoms with Gasteiger partial charge in [0.05, 0.1) is 25.6 Å². The molecule has 0 fully saturated rings. The smallest absolute Gasteiger partial charge is 0.305 e. The zero-order valence-corrected chi connectivity index (χ0v) is 27.9. The van der Waals surface area contributed by atoms with Crippen molar-refractivity contribution in [2.45, 2.75) is 99.3 Å². The van der Waals surface area contributed by atoms with Gasteiger partial charge in [0.15, 0.2) is 0 Å². The first-order valence-corrected chi connectivity index (χ1v) is 16.0. The normalized spacial score (nSPS) is 12.9. The van der Waals surface area contributed by atoms with E-state index in [2.05, 4.69) is 54.6 Å². The Bertz CT molecular complexity index is 1780. The van der Waals surface area contributed by atoms with Crippen molar-refractivity contribution in [1.29, 1.82) is 0 Å². The van der Waals surface area contributed by atoms with Crippen LogP contribution in [0.4, 0.5) is 0 Å². The van der Waals surface area contributed by atoms with Gasteiger partial charge in [0.2, 0.25) is 5.78 Å². The summed E-state index contributed by atoms with van der Waals surface area (Å²) >= 11 is 0. The van der Waals surface area contributed by atoms with Crippen LogP contribution in [0, 0.1) is 27.7 Å². The molecule has 45 heavy (non-hydrogen) atoms. The fraction of sp³-hybridized carbons (Fsp3) is 0.472. The van der Waals surface area contributed by atoms with Crippen LogP contribution in [0.5, 0.6) is 0 Å². The number of H-pyrrole nitrogens is 4. The molecule has 0 spiro atoms. The molecule has 0 saturated carbocycles. The van der Waals surface area contributed by atoms with Crippen molar-refractivity contribution in [2.75, 3.05) is 14.2 Å². The van der Waals surface area contributed by atoms with Crippen LogP contribution in [0.1, 0.15) is 122 Å². The van der Waals surface area contributed by atoms with Crippen molar-refractivity contribution in [3.63, 3.8) is 0 Å². The highest BCUT2D eigenvalue weighted by Gasteiger charge is 2.28. The number of carbonyl (C=O) groups excluding carboxylic acids is 3. The van der Waals surface area contributed by atoms with E-state index in [1.807, 2.05) is 6.92 Å². The van der Waals surface area contributed by atoms with Crippen LogP contribution in [0.3, 0.4) is 0 Å². The molecule has 4 aromatic rings. The van der Waals surface area contributed by atoms with E-state index in [0.29, 0.717) is 43.5 Å². The van der Waals surface area contributed by atoms with Crippen LogP contribution in [0.15, 0.2) is 0 Å². The predicted octanol–water partition coefficient (Wildman–Crippen LogP) is 5.89. The molecule has 9 heteroatoms. The fourth-order valence-corrected chi connectivity index (χ4v) is 7.22. The summed E-state index contributed by atoms with van der Waals surface area (Å²) in [6.45, 7) is 12.6. The third-order valence-electron chi connectivity index (χ3n) is 9.93. The number of hydrogen-bond donors (Lipinski definition) is 4. The molecule has 0 radical (unpaired) electrons. The molecule has 0 amide bonds. The number of hydrogen-bond acceptors (Lipinski definition) is 5. The standard InChI is InChI=1S/C36H46N4O5/c1-9-22-18(3)26-15-27-20(5)24(11-13-32(41)44-7)30(38-27)17-31-25(12-14-33(42)45-8)21(6)34(40-31)36(43)35-23(10-2)19(4)28(39-35)16-29(22)37-26/h37-40H,9-17H2,1-8H3. The lowest BCUT2D eigenvalue weighted by molar-refractivity contribution is -0.141. The van der Waals surface area contributed by atoms with Gasteiger partial charge in [0, 0.05) is 66.3 Å². The van der Waals surface area contributed by atoms with E-state index in [1.165, 1.54) is 31.0 Å². The summed E-state index contributed by atoms with van der Waals surface area (Å²) in [4.78, 5) is 53.3. The Kier molecular flexibility index (Phi) is 9.28. The van der Waals surface area contributed by atoms with Crippen LogP contribution in [0.2, 0.25) is 0 Å². The number of nitrogens with one attached hydrogen (secondary N) is 4. The summed E-state index contributed by atoms with van der Waals surface area (Å²) in [5.41, 5.74) is 16.2. The topological polar surface area (TPSA) is 133 Å². The zero-order chi connectivity index (χ0) is 32.6. The van der Waals surface area contributed by atoms with Gasteiger partial charge in [-0.25, -0.2) is 0 Å². The summed E-state index contributed by atoms with van der Waals surface area (Å²) in [5.74, 6) is -0.632. The molecule has 1 aliphatic rings. The van der Waals surface area contributed by atoms with Crippen LogP contribution >= 0.6 is 0 Å². The minimum Gasteiger partial charge on any atom is -0.469 e. The molecule has 4 aromatic heterocycles. The van der Waals surface area contributed by atoms with E-state index >= 15 is 0 Å². The number of esters is 2. The predicted molar refractivity (Wildman–Crippen MR) is 173 cm³/mol. The maximum atomic E-state index is 14.3. The van der Waals surface area contributed by atoms with Crippen molar-refractivity contribution in [2.24, 2.45) is 0 Å². The first-order valence-electron chi connectivity index (χ1n) is 16.0. The van der Waals surface area contributed by atoms with Crippen LogP contribution in [-0.2, 0) is 64.0 Å². The minimum absolute atomic E-state index is 0.0790. The molecule has 240 valence electrons. The summed E-state index contributed by atoms with van der Waals surface area (Å²) in [5, 5.41) is 0. The minimum atomic E-state index is -0.297. The maximum absolute atomic E-state index is 14.3. The van der Waals surface area contributed by atoms with E-state index < -0.39 is 0 Å². The number of aromatic amines is 4. The summed E-state index contributed by atoms with van der Waals surface area (Å²) in [6, 6.07) is 0. The Hall–Kier alpha value is -4.27. The van der Waals surface area contributed by atoms with Crippen molar-refractivity contribution < 1.29 is 23.9 Å². The second-order valence-electron chi connectivity index (χ2n) is 12.3. The van der Waals surface area contributed by atoms with Crippen molar-refractivity contribution in [1.82, 2.24) is 19.9 Å². The molecule has 0 saturated heterocycles. The summed E-state index contributed by atoms with van der Waals surface area (Å²) in [6.07, 6.45) is 4.96. The highest BCUT2D eigenvalue weighted by molar-refractivity contribution is 6.09. The van der Waals surface area contributed by atoms with Crippen LogP contribution in [-0.4, -0.2) is 51.9 Å². The highest BCUT2D eigenvalue weighted by atomic mass is 16.5. The van der Waals surface area contributed by atoms with Gasteiger partial charge in [-0.2, -0.15) is 0 Å². The SMILES string of the molecule is CCc1c2[nH]c(c1C)Cc1[nH]c(c(CCC(=O)OC)c1C)Cc1[nH]c(c(C)c1CCC(=O)OC)C(=O)c1[nH]c(c(C)c1CC)C2. The van der Waals surface area contributed by atoms with Gasteiger partial charge in [-0.3, -0.25) is 14.4 Å². The van der Waals surface area contributed by atoms with E-state index in [-0.39, 0.29) is 30.6 Å². The number of methoxy groups -OCH3 is 2. The van der Waals surface area contributed by atoms with Gasteiger partial charge in [-0.15, -0.1) is 0 Å². The molecule has 0 atom stereocenters. The van der Waals surface area contributed by atoms with Crippen LogP contribution < -0.4 is 0 Å². The lowest BCUT2D eigenvalue weighted by Crippen LogP contribution is -2.08. The molecule has 9 nitrogen and oxygen atoms in total. The van der Waals surface area contributed by atoms with Crippen molar-refractivity contribution >= 4 is 17.7 Å². The Balaban J connectivity index is 1.73. The van der Waals surface area contributed by atoms with Crippen LogP contribution in [0.25, 0.3) is 0 Å². The lowest BCUT2D eigenvalue weighted by Gasteiger charge is -2.08. The Morgan fingerprint density at radius 1 is 0.556 bits per heavy atom. The highest BCUT2D eigenvalue weighted by Crippen LogP contribution is 2.33. The molecule has 5 rings (SSSR count). The Morgan fingerprint density at radius 3 is 1.51 bits per heavy atom.